The molecule has 0 aromatic heterocycles. The highest BCUT2D eigenvalue weighted by molar-refractivity contribution is 7.89. The maximum Gasteiger partial charge on any atom is 0.243 e. The van der Waals surface area contributed by atoms with Crippen molar-refractivity contribution in [2.45, 2.75) is 29.9 Å². The van der Waals surface area contributed by atoms with Gasteiger partial charge < -0.3 is 9.64 Å². The topological polar surface area (TPSA) is 66.9 Å². The fourth-order valence-electron chi connectivity index (χ4n) is 4.33. The molecule has 3 aliphatic heterocycles. The molecule has 1 aromatic rings. The number of likely N-dealkylation sites (tertiary alicyclic amines) is 1. The largest absolute Gasteiger partial charge is 0.374 e. The molecule has 1 aromatic carbocycles. The first kappa shape index (κ1) is 17.3. The van der Waals surface area contributed by atoms with Crippen molar-refractivity contribution >= 4 is 27.5 Å². The summed E-state index contributed by atoms with van der Waals surface area (Å²) in [6, 6.07) is 5.96. The minimum atomic E-state index is -3.71. The molecule has 2 bridgehead atoms. The van der Waals surface area contributed by atoms with Gasteiger partial charge in [-0.05, 0) is 37.1 Å². The quantitative estimate of drug-likeness (QED) is 0.790. The number of hydrogen-bond acceptors (Lipinski definition) is 4. The molecule has 6 nitrogen and oxygen atoms in total. The van der Waals surface area contributed by atoms with Gasteiger partial charge in [0, 0.05) is 37.0 Å². The molecule has 0 spiro atoms. The molecule has 0 unspecified atom stereocenters. The van der Waals surface area contributed by atoms with Crippen LogP contribution in [0.2, 0.25) is 5.02 Å². The molecular weight excluding hydrogens is 364 g/mol. The molecule has 4 atom stereocenters. The van der Waals surface area contributed by atoms with Gasteiger partial charge >= 0.3 is 0 Å². The highest BCUT2D eigenvalue weighted by atomic mass is 35.5. The van der Waals surface area contributed by atoms with Crippen molar-refractivity contribution in [1.29, 1.82) is 0 Å². The molecule has 0 radical (unpaired) electrons. The Labute approximate surface area is 152 Å². The number of rotatable bonds is 4. The molecule has 136 valence electrons. The van der Waals surface area contributed by atoms with Crippen LogP contribution in [0, 0.1) is 11.8 Å². The van der Waals surface area contributed by atoms with E-state index < -0.39 is 10.0 Å². The Bertz CT molecular complexity index is 764. The highest BCUT2D eigenvalue weighted by Crippen LogP contribution is 2.47. The number of halogens is 1. The van der Waals surface area contributed by atoms with Crippen molar-refractivity contribution in [1.82, 2.24) is 9.21 Å². The molecule has 0 N–H and O–H groups in total. The zero-order valence-corrected chi connectivity index (χ0v) is 15.5. The number of ether oxygens (including phenoxy) is 1. The average molecular weight is 385 g/mol. The maximum atomic E-state index is 12.6. The molecule has 25 heavy (non-hydrogen) atoms. The third-order valence-corrected chi connectivity index (χ3v) is 7.75. The Morgan fingerprint density at radius 1 is 1.20 bits per heavy atom. The van der Waals surface area contributed by atoms with Gasteiger partial charge in [0.2, 0.25) is 15.9 Å². The Kier molecular flexibility index (Phi) is 4.30. The predicted octanol–water partition coefficient (Wildman–Crippen LogP) is 1.60. The van der Waals surface area contributed by atoms with Gasteiger partial charge in [0.1, 0.15) is 0 Å². The second-order valence-corrected chi connectivity index (χ2v) is 9.61. The minimum absolute atomic E-state index is 0.136. The molecule has 1 amide bonds. The summed E-state index contributed by atoms with van der Waals surface area (Å²) in [6.07, 6.45) is 2.73. The standard InChI is InChI=1S/C17H21ClN2O4S/c1-19(25(22,23)12-4-2-11(18)3-5-12)10-17(21)20-8-13-14(9-20)16-7-6-15(13)24-16/h2-5,13-16H,6-10H2,1H3/t13-,14+,15-,16-/m1/s1. The van der Waals surface area contributed by atoms with Crippen LogP contribution >= 0.6 is 11.6 Å². The fourth-order valence-corrected chi connectivity index (χ4v) is 5.57. The summed E-state index contributed by atoms with van der Waals surface area (Å²) in [6.45, 7) is 1.21. The van der Waals surface area contributed by atoms with Crippen molar-refractivity contribution in [2.75, 3.05) is 26.7 Å². The van der Waals surface area contributed by atoms with E-state index in [1.165, 1.54) is 31.3 Å². The van der Waals surface area contributed by atoms with Crippen LogP contribution in [0.3, 0.4) is 0 Å². The zero-order chi connectivity index (χ0) is 17.8. The second kappa shape index (κ2) is 6.23. The van der Waals surface area contributed by atoms with Crippen molar-refractivity contribution in [3.05, 3.63) is 29.3 Å². The first-order valence-electron chi connectivity index (χ1n) is 8.51. The SMILES string of the molecule is CN(CC(=O)N1C[C@@H]2[C@H](C1)[C@H]1CC[C@H]2O1)S(=O)(=O)c1ccc(Cl)cc1. The third kappa shape index (κ3) is 2.97. The van der Waals surface area contributed by atoms with Crippen LogP contribution in [-0.2, 0) is 19.6 Å². The van der Waals surface area contributed by atoms with Crippen LogP contribution in [0.25, 0.3) is 0 Å². The molecule has 8 heteroatoms. The van der Waals surface area contributed by atoms with E-state index in [1.54, 1.807) is 4.90 Å². The predicted molar refractivity (Wildman–Crippen MR) is 92.7 cm³/mol. The fraction of sp³-hybridized carbons (Fsp3) is 0.588. The van der Waals surface area contributed by atoms with Crippen LogP contribution in [0.5, 0.6) is 0 Å². The molecule has 0 aliphatic carbocycles. The van der Waals surface area contributed by atoms with Gasteiger partial charge in [0.25, 0.3) is 0 Å². The molecule has 0 saturated carbocycles. The van der Waals surface area contributed by atoms with Gasteiger partial charge in [-0.2, -0.15) is 4.31 Å². The summed E-state index contributed by atoms with van der Waals surface area (Å²) < 4.78 is 32.2. The van der Waals surface area contributed by atoms with E-state index in [4.69, 9.17) is 16.3 Å². The van der Waals surface area contributed by atoms with E-state index in [0.717, 1.165) is 17.1 Å². The molecule has 3 saturated heterocycles. The van der Waals surface area contributed by atoms with Gasteiger partial charge in [-0.25, -0.2) is 8.42 Å². The summed E-state index contributed by atoms with van der Waals surface area (Å²) in [7, 11) is -2.27. The number of nitrogens with zero attached hydrogens (tertiary/aromatic N) is 2. The smallest absolute Gasteiger partial charge is 0.243 e. The number of sulfonamides is 1. The first-order chi connectivity index (χ1) is 11.9. The normalized spacial score (nSPS) is 30.9. The van der Waals surface area contributed by atoms with Crippen molar-refractivity contribution in [3.63, 3.8) is 0 Å². The molecule has 3 aliphatic rings. The number of amides is 1. The van der Waals surface area contributed by atoms with E-state index in [1.807, 2.05) is 0 Å². The van der Waals surface area contributed by atoms with E-state index in [2.05, 4.69) is 0 Å². The van der Waals surface area contributed by atoms with Gasteiger partial charge in [-0.3, -0.25) is 4.79 Å². The summed E-state index contributed by atoms with van der Waals surface area (Å²) in [4.78, 5) is 14.5. The number of carbonyl (C=O) groups is 1. The lowest BCUT2D eigenvalue weighted by atomic mass is 9.82. The number of hydrogen-bond donors (Lipinski definition) is 0. The molecule has 4 rings (SSSR count). The summed E-state index contributed by atoms with van der Waals surface area (Å²) >= 11 is 5.81. The van der Waals surface area contributed by atoms with E-state index in [0.29, 0.717) is 29.9 Å². The lowest BCUT2D eigenvalue weighted by Gasteiger charge is -2.23. The van der Waals surface area contributed by atoms with E-state index in [9.17, 15) is 13.2 Å². The van der Waals surface area contributed by atoms with Crippen LogP contribution in [-0.4, -0.2) is 62.4 Å². The number of carbonyl (C=O) groups excluding carboxylic acids is 1. The van der Waals surface area contributed by atoms with Crippen molar-refractivity contribution in [3.8, 4) is 0 Å². The zero-order valence-electron chi connectivity index (χ0n) is 14.0. The van der Waals surface area contributed by atoms with E-state index in [-0.39, 0.29) is 29.6 Å². The van der Waals surface area contributed by atoms with Gasteiger partial charge in [-0.1, -0.05) is 11.6 Å². The van der Waals surface area contributed by atoms with Crippen molar-refractivity contribution < 1.29 is 17.9 Å². The Morgan fingerprint density at radius 3 is 2.32 bits per heavy atom. The maximum absolute atomic E-state index is 12.6. The Morgan fingerprint density at radius 2 is 1.76 bits per heavy atom. The molecule has 3 fully saturated rings. The number of likely N-dealkylation sites (N-methyl/N-ethyl adjacent to an activating group) is 1. The second-order valence-electron chi connectivity index (χ2n) is 7.13. The Hall–Kier alpha value is -1.15. The van der Waals surface area contributed by atoms with Crippen LogP contribution in [0.4, 0.5) is 0 Å². The number of benzene rings is 1. The van der Waals surface area contributed by atoms with Gasteiger partial charge in [0.15, 0.2) is 0 Å². The lowest BCUT2D eigenvalue weighted by molar-refractivity contribution is -0.130. The highest BCUT2D eigenvalue weighted by Gasteiger charge is 2.53. The Balaban J connectivity index is 1.41. The third-order valence-electron chi connectivity index (χ3n) is 5.69. The summed E-state index contributed by atoms with van der Waals surface area (Å²) in [5.41, 5.74) is 0. The van der Waals surface area contributed by atoms with Crippen LogP contribution < -0.4 is 0 Å². The minimum Gasteiger partial charge on any atom is -0.374 e. The van der Waals surface area contributed by atoms with Gasteiger partial charge in [-0.15, -0.1) is 0 Å². The van der Waals surface area contributed by atoms with E-state index >= 15 is 0 Å². The molecular formula is C17H21ClN2O4S. The van der Waals surface area contributed by atoms with Gasteiger partial charge in [0.05, 0.1) is 23.6 Å². The summed E-state index contributed by atoms with van der Waals surface area (Å²) in [5, 5.41) is 0.470. The summed E-state index contributed by atoms with van der Waals surface area (Å²) in [5.74, 6) is 0.690. The average Bonchev–Trinajstić information content (AvgIpc) is 3.28. The number of fused-ring (bicyclic) bond motifs is 5. The van der Waals surface area contributed by atoms with Crippen LogP contribution in [0.15, 0.2) is 29.2 Å². The monoisotopic (exact) mass is 384 g/mol. The van der Waals surface area contributed by atoms with Crippen LogP contribution in [0.1, 0.15) is 12.8 Å². The molecule has 3 heterocycles. The first-order valence-corrected chi connectivity index (χ1v) is 10.3. The van der Waals surface area contributed by atoms with Crippen molar-refractivity contribution in [2.24, 2.45) is 11.8 Å². The lowest BCUT2D eigenvalue weighted by Crippen LogP contribution is -2.41.